The first-order valence-electron chi connectivity index (χ1n) is 5.62. The Bertz CT molecular complexity index is 777. The highest BCUT2D eigenvalue weighted by atomic mass is 35.5. The maximum atomic E-state index is 13.6. The fourth-order valence-corrected chi connectivity index (χ4v) is 2.25. The molecule has 0 fully saturated rings. The number of fused-ring (bicyclic) bond motifs is 1. The molecule has 19 heavy (non-hydrogen) atoms. The van der Waals surface area contributed by atoms with Gasteiger partial charge in [-0.25, -0.2) is 4.39 Å². The lowest BCUT2D eigenvalue weighted by Crippen LogP contribution is -1.82. The van der Waals surface area contributed by atoms with E-state index >= 15 is 0 Å². The lowest BCUT2D eigenvalue weighted by atomic mass is 10.1. The molecule has 0 aliphatic rings. The number of carbonyl (C=O) groups excluding carboxylic acids is 1. The minimum absolute atomic E-state index is 0.202. The van der Waals surface area contributed by atoms with Gasteiger partial charge in [0.05, 0.1) is 5.02 Å². The molecule has 1 heterocycles. The number of benzene rings is 2. The Hall–Kier alpha value is -2.13. The molecule has 0 atom stereocenters. The van der Waals surface area contributed by atoms with E-state index in [4.69, 9.17) is 16.0 Å². The summed E-state index contributed by atoms with van der Waals surface area (Å²) >= 11 is 6.10. The average molecular weight is 275 g/mol. The van der Waals surface area contributed by atoms with Crippen LogP contribution in [0.2, 0.25) is 5.02 Å². The second-order valence-electron chi connectivity index (χ2n) is 4.13. The lowest BCUT2D eigenvalue weighted by Gasteiger charge is -2.00. The van der Waals surface area contributed by atoms with Gasteiger partial charge in [-0.15, -0.1) is 0 Å². The molecule has 4 heteroatoms. The number of rotatable bonds is 2. The van der Waals surface area contributed by atoms with E-state index in [1.54, 1.807) is 36.4 Å². The van der Waals surface area contributed by atoms with E-state index in [9.17, 15) is 9.18 Å². The normalized spacial score (nSPS) is 10.8. The molecule has 1 aromatic heterocycles. The van der Waals surface area contributed by atoms with Crippen molar-refractivity contribution in [1.29, 1.82) is 0 Å². The Morgan fingerprint density at radius 3 is 2.68 bits per heavy atom. The average Bonchev–Trinajstić information content (AvgIpc) is 2.83. The van der Waals surface area contributed by atoms with Gasteiger partial charge in [-0.1, -0.05) is 29.8 Å². The summed E-state index contributed by atoms with van der Waals surface area (Å²) in [6, 6.07) is 11.3. The van der Waals surface area contributed by atoms with Crippen molar-refractivity contribution in [3.8, 4) is 11.3 Å². The van der Waals surface area contributed by atoms with Crippen molar-refractivity contribution in [2.45, 2.75) is 0 Å². The zero-order chi connectivity index (χ0) is 13.4. The molecule has 0 saturated carbocycles. The molecule has 2 aromatic carbocycles. The van der Waals surface area contributed by atoms with E-state index in [1.165, 1.54) is 6.07 Å². The first-order chi connectivity index (χ1) is 9.19. The molecule has 0 spiro atoms. The Kier molecular flexibility index (Phi) is 2.84. The summed E-state index contributed by atoms with van der Waals surface area (Å²) in [5.41, 5.74) is 1.31. The van der Waals surface area contributed by atoms with Crippen molar-refractivity contribution in [3.05, 3.63) is 58.9 Å². The van der Waals surface area contributed by atoms with Gasteiger partial charge in [0.15, 0.2) is 11.4 Å². The molecular formula is C15H8ClFO2. The zero-order valence-corrected chi connectivity index (χ0v) is 10.4. The molecule has 94 valence electrons. The highest BCUT2D eigenvalue weighted by molar-refractivity contribution is 6.33. The van der Waals surface area contributed by atoms with E-state index in [-0.39, 0.29) is 5.58 Å². The smallest absolute Gasteiger partial charge is 0.170 e. The number of furan rings is 1. The number of halogens is 2. The van der Waals surface area contributed by atoms with E-state index in [0.29, 0.717) is 33.6 Å². The van der Waals surface area contributed by atoms with Crippen LogP contribution in [0, 0.1) is 5.82 Å². The van der Waals surface area contributed by atoms with Gasteiger partial charge >= 0.3 is 0 Å². The van der Waals surface area contributed by atoms with E-state index in [2.05, 4.69) is 0 Å². The summed E-state index contributed by atoms with van der Waals surface area (Å²) < 4.78 is 19.1. The predicted molar refractivity (Wildman–Crippen MR) is 72.0 cm³/mol. The molecule has 0 unspecified atom stereocenters. The maximum Gasteiger partial charge on any atom is 0.170 e. The second-order valence-corrected chi connectivity index (χ2v) is 4.53. The summed E-state index contributed by atoms with van der Waals surface area (Å²) in [7, 11) is 0. The molecular weight excluding hydrogens is 267 g/mol. The molecule has 0 bridgehead atoms. The minimum Gasteiger partial charge on any atom is -0.453 e. The Morgan fingerprint density at radius 1 is 1.16 bits per heavy atom. The third kappa shape index (κ3) is 2.02. The van der Waals surface area contributed by atoms with E-state index < -0.39 is 5.82 Å². The van der Waals surface area contributed by atoms with Crippen molar-refractivity contribution in [2.75, 3.05) is 0 Å². The van der Waals surface area contributed by atoms with Crippen LogP contribution < -0.4 is 0 Å². The van der Waals surface area contributed by atoms with Crippen LogP contribution in [0.15, 0.2) is 46.9 Å². The van der Waals surface area contributed by atoms with Crippen molar-refractivity contribution in [2.24, 2.45) is 0 Å². The van der Waals surface area contributed by atoms with Gasteiger partial charge in [0.2, 0.25) is 0 Å². The van der Waals surface area contributed by atoms with Crippen LogP contribution in [0.3, 0.4) is 0 Å². The first kappa shape index (κ1) is 11.9. The number of aldehydes is 1. The number of carbonyl (C=O) groups is 1. The van der Waals surface area contributed by atoms with Crippen molar-refractivity contribution in [3.63, 3.8) is 0 Å². The maximum absolute atomic E-state index is 13.6. The van der Waals surface area contributed by atoms with Gasteiger partial charge in [0, 0.05) is 16.5 Å². The van der Waals surface area contributed by atoms with Crippen LogP contribution in [0.1, 0.15) is 10.4 Å². The Labute approximate surface area is 113 Å². The quantitative estimate of drug-likeness (QED) is 0.634. The minimum atomic E-state index is -0.413. The fourth-order valence-electron chi connectivity index (χ4n) is 1.96. The van der Waals surface area contributed by atoms with Crippen molar-refractivity contribution in [1.82, 2.24) is 0 Å². The van der Waals surface area contributed by atoms with E-state index in [1.807, 2.05) is 0 Å². The molecule has 0 radical (unpaired) electrons. The monoisotopic (exact) mass is 274 g/mol. The van der Waals surface area contributed by atoms with Crippen LogP contribution in [-0.2, 0) is 0 Å². The topological polar surface area (TPSA) is 30.2 Å². The van der Waals surface area contributed by atoms with Gasteiger partial charge in [-0.3, -0.25) is 4.79 Å². The highest BCUT2D eigenvalue weighted by Crippen LogP contribution is 2.33. The molecule has 3 aromatic rings. The van der Waals surface area contributed by atoms with Gasteiger partial charge in [-0.05, 0) is 24.3 Å². The standard InChI is InChI=1S/C15H8ClFO2/c16-12-6-9(8-18)4-5-11(12)14-7-10-2-1-3-13(17)15(10)19-14/h1-8H. The van der Waals surface area contributed by atoms with Gasteiger partial charge < -0.3 is 4.42 Å². The molecule has 0 aliphatic heterocycles. The molecule has 0 N–H and O–H groups in total. The van der Waals surface area contributed by atoms with Crippen molar-refractivity contribution >= 4 is 28.9 Å². The molecule has 0 amide bonds. The third-order valence-corrected chi connectivity index (χ3v) is 3.20. The molecule has 2 nitrogen and oxygen atoms in total. The molecule has 3 rings (SSSR count). The summed E-state index contributed by atoms with van der Waals surface area (Å²) in [4.78, 5) is 10.7. The fraction of sp³-hybridized carbons (Fsp3) is 0. The Morgan fingerprint density at radius 2 is 2.00 bits per heavy atom. The SMILES string of the molecule is O=Cc1ccc(-c2cc3cccc(F)c3o2)c(Cl)c1. The summed E-state index contributed by atoms with van der Waals surface area (Å²) in [5, 5.41) is 1.06. The molecule has 0 aliphatic carbocycles. The van der Waals surface area contributed by atoms with Crippen LogP contribution in [-0.4, -0.2) is 6.29 Å². The number of hydrogen-bond donors (Lipinski definition) is 0. The predicted octanol–water partition coefficient (Wildman–Crippen LogP) is 4.70. The number of para-hydroxylation sites is 1. The van der Waals surface area contributed by atoms with Gasteiger partial charge in [0.1, 0.15) is 12.0 Å². The third-order valence-electron chi connectivity index (χ3n) is 2.89. The summed E-state index contributed by atoms with van der Waals surface area (Å²) in [6.07, 6.45) is 0.716. The second kappa shape index (κ2) is 4.52. The largest absolute Gasteiger partial charge is 0.453 e. The summed E-state index contributed by atoms with van der Waals surface area (Å²) in [6.45, 7) is 0. The van der Waals surface area contributed by atoms with Crippen LogP contribution in [0.25, 0.3) is 22.3 Å². The molecule has 0 saturated heterocycles. The highest BCUT2D eigenvalue weighted by Gasteiger charge is 2.12. The lowest BCUT2D eigenvalue weighted by molar-refractivity contribution is 0.112. The summed E-state index contributed by atoms with van der Waals surface area (Å²) in [5.74, 6) is 0.0620. The van der Waals surface area contributed by atoms with Gasteiger partial charge in [0.25, 0.3) is 0 Å². The van der Waals surface area contributed by atoms with Gasteiger partial charge in [-0.2, -0.15) is 0 Å². The number of hydrogen-bond acceptors (Lipinski definition) is 2. The van der Waals surface area contributed by atoms with Crippen molar-refractivity contribution < 1.29 is 13.6 Å². The van der Waals surface area contributed by atoms with E-state index in [0.717, 1.165) is 0 Å². The van der Waals surface area contributed by atoms with Crippen LogP contribution >= 0.6 is 11.6 Å². The van der Waals surface area contributed by atoms with Crippen LogP contribution in [0.5, 0.6) is 0 Å². The first-order valence-corrected chi connectivity index (χ1v) is 6.00. The van der Waals surface area contributed by atoms with Crippen LogP contribution in [0.4, 0.5) is 4.39 Å². The Balaban J connectivity index is 2.19. The zero-order valence-electron chi connectivity index (χ0n) is 9.69.